The second-order valence-corrected chi connectivity index (χ2v) is 4.21. The lowest BCUT2D eigenvalue weighted by Crippen LogP contribution is -2.15. The molecule has 0 aromatic heterocycles. The van der Waals surface area contributed by atoms with Crippen molar-refractivity contribution in [3.05, 3.63) is 17.7 Å². The van der Waals surface area contributed by atoms with Crippen LogP contribution in [0.2, 0.25) is 0 Å². The van der Waals surface area contributed by atoms with Gasteiger partial charge < -0.3 is 24.6 Å². The van der Waals surface area contributed by atoms with Gasteiger partial charge in [-0.3, -0.25) is 0 Å². The van der Waals surface area contributed by atoms with Gasteiger partial charge in [0.1, 0.15) is 5.75 Å². The molecule has 0 unspecified atom stereocenters. The largest absolute Gasteiger partial charge is 0.507 e. The number of aromatic hydroxyl groups is 1. The Bertz CT molecular complexity index is 395. The fourth-order valence-electron chi connectivity index (χ4n) is 1.83. The Labute approximate surface area is 107 Å². The Kier molecular flexibility index (Phi) is 4.66. The normalized spacial score (nSPS) is 12.9. The molecule has 2 rings (SSSR count). The van der Waals surface area contributed by atoms with E-state index in [-0.39, 0.29) is 12.5 Å². The minimum atomic E-state index is 0.225. The number of nitrogens with one attached hydrogen (secondary N) is 1. The Morgan fingerprint density at radius 2 is 2.06 bits per heavy atom. The maximum absolute atomic E-state index is 9.82. The number of rotatable bonds is 7. The van der Waals surface area contributed by atoms with Gasteiger partial charge in [-0.1, -0.05) is 0 Å². The highest BCUT2D eigenvalue weighted by Crippen LogP contribution is 2.37. The molecular formula is C13H19NO4. The second kappa shape index (κ2) is 6.47. The number of fused-ring (bicyclic) bond motifs is 1. The van der Waals surface area contributed by atoms with Gasteiger partial charge in [0.2, 0.25) is 6.79 Å². The van der Waals surface area contributed by atoms with Gasteiger partial charge in [-0.05, 0) is 25.5 Å². The van der Waals surface area contributed by atoms with E-state index in [0.717, 1.165) is 31.6 Å². The first-order valence-corrected chi connectivity index (χ1v) is 6.12. The van der Waals surface area contributed by atoms with E-state index < -0.39 is 0 Å². The molecule has 0 radical (unpaired) electrons. The van der Waals surface area contributed by atoms with Gasteiger partial charge in [-0.2, -0.15) is 0 Å². The third kappa shape index (κ3) is 3.27. The topological polar surface area (TPSA) is 60.0 Å². The first-order valence-electron chi connectivity index (χ1n) is 6.12. The highest BCUT2D eigenvalue weighted by atomic mass is 16.7. The second-order valence-electron chi connectivity index (χ2n) is 4.21. The lowest BCUT2D eigenvalue weighted by Gasteiger charge is -2.08. The van der Waals surface area contributed by atoms with Crippen LogP contribution in [0.4, 0.5) is 0 Å². The first kappa shape index (κ1) is 13.0. The molecule has 100 valence electrons. The van der Waals surface area contributed by atoms with E-state index in [4.69, 9.17) is 14.2 Å². The molecule has 1 aliphatic rings. The quantitative estimate of drug-likeness (QED) is 0.723. The van der Waals surface area contributed by atoms with E-state index in [0.29, 0.717) is 18.0 Å². The average Bonchev–Trinajstić information content (AvgIpc) is 2.80. The summed E-state index contributed by atoms with van der Waals surface area (Å²) in [6.45, 7) is 2.53. The van der Waals surface area contributed by atoms with Crippen LogP contribution in [0.1, 0.15) is 18.4 Å². The van der Waals surface area contributed by atoms with Crippen LogP contribution < -0.4 is 14.8 Å². The van der Waals surface area contributed by atoms with Crippen LogP contribution in [0, 0.1) is 0 Å². The molecule has 0 bridgehead atoms. The van der Waals surface area contributed by atoms with Crippen molar-refractivity contribution in [3.63, 3.8) is 0 Å². The molecule has 18 heavy (non-hydrogen) atoms. The highest BCUT2D eigenvalue weighted by Gasteiger charge is 2.16. The fraction of sp³-hybridized carbons (Fsp3) is 0.538. The zero-order valence-electron chi connectivity index (χ0n) is 10.6. The van der Waals surface area contributed by atoms with Crippen LogP contribution in [0.3, 0.4) is 0 Å². The summed E-state index contributed by atoms with van der Waals surface area (Å²) in [5, 5.41) is 13.1. The van der Waals surface area contributed by atoms with Crippen molar-refractivity contribution in [2.24, 2.45) is 0 Å². The number of unbranched alkanes of at least 4 members (excludes halogenated alkanes) is 1. The fourth-order valence-corrected chi connectivity index (χ4v) is 1.83. The van der Waals surface area contributed by atoms with Crippen LogP contribution in [0.5, 0.6) is 17.2 Å². The standard InChI is InChI=1S/C13H19NO4/c1-16-5-3-2-4-14-8-10-6-12-13(7-11(10)15)18-9-17-12/h6-7,14-15H,2-5,8-9H2,1H3. The predicted molar refractivity (Wildman–Crippen MR) is 67.0 cm³/mol. The minimum Gasteiger partial charge on any atom is -0.507 e. The van der Waals surface area contributed by atoms with Crippen LogP contribution >= 0.6 is 0 Å². The summed E-state index contributed by atoms with van der Waals surface area (Å²) in [5.41, 5.74) is 0.825. The number of methoxy groups -OCH3 is 1. The molecule has 0 saturated heterocycles. The first-order chi connectivity index (χ1) is 8.81. The Balaban J connectivity index is 1.79. The van der Waals surface area contributed by atoms with Crippen LogP contribution in [0.15, 0.2) is 12.1 Å². The summed E-state index contributed by atoms with van der Waals surface area (Å²) < 4.78 is 15.4. The monoisotopic (exact) mass is 253 g/mol. The smallest absolute Gasteiger partial charge is 0.231 e. The third-order valence-electron chi connectivity index (χ3n) is 2.84. The van der Waals surface area contributed by atoms with Crippen molar-refractivity contribution < 1.29 is 19.3 Å². The number of hydrogen-bond donors (Lipinski definition) is 2. The average molecular weight is 253 g/mol. The summed E-state index contributed by atoms with van der Waals surface area (Å²) in [6.07, 6.45) is 2.09. The maximum Gasteiger partial charge on any atom is 0.231 e. The Hall–Kier alpha value is -1.46. The highest BCUT2D eigenvalue weighted by molar-refractivity contribution is 5.51. The molecule has 2 N–H and O–H groups in total. The SMILES string of the molecule is COCCCCNCc1cc2c(cc1O)OCO2. The van der Waals surface area contributed by atoms with Crippen molar-refractivity contribution in [2.75, 3.05) is 27.1 Å². The van der Waals surface area contributed by atoms with E-state index in [1.54, 1.807) is 13.2 Å². The van der Waals surface area contributed by atoms with Crippen molar-refractivity contribution in [3.8, 4) is 17.2 Å². The van der Waals surface area contributed by atoms with Crippen molar-refractivity contribution >= 4 is 0 Å². The number of ether oxygens (including phenoxy) is 3. The molecule has 0 spiro atoms. The van der Waals surface area contributed by atoms with Gasteiger partial charge in [0.25, 0.3) is 0 Å². The van der Waals surface area contributed by atoms with E-state index in [2.05, 4.69) is 5.32 Å². The lowest BCUT2D eigenvalue weighted by molar-refractivity contribution is 0.174. The predicted octanol–water partition coefficient (Wildman–Crippen LogP) is 1.64. The molecule has 1 heterocycles. The van der Waals surface area contributed by atoms with Gasteiger partial charge in [0.15, 0.2) is 11.5 Å². The summed E-state index contributed by atoms with van der Waals surface area (Å²) >= 11 is 0. The van der Waals surface area contributed by atoms with E-state index >= 15 is 0 Å². The molecule has 1 aromatic carbocycles. The van der Waals surface area contributed by atoms with Crippen LogP contribution in [-0.2, 0) is 11.3 Å². The van der Waals surface area contributed by atoms with Crippen molar-refractivity contribution in [2.45, 2.75) is 19.4 Å². The molecule has 5 heteroatoms. The summed E-state index contributed by atoms with van der Waals surface area (Å²) in [4.78, 5) is 0. The van der Waals surface area contributed by atoms with Gasteiger partial charge in [0.05, 0.1) is 0 Å². The molecular weight excluding hydrogens is 234 g/mol. The third-order valence-corrected chi connectivity index (χ3v) is 2.84. The van der Waals surface area contributed by atoms with Crippen molar-refractivity contribution in [1.82, 2.24) is 5.32 Å². The number of hydrogen-bond acceptors (Lipinski definition) is 5. The summed E-state index contributed by atoms with van der Waals surface area (Å²) in [6, 6.07) is 3.42. The zero-order valence-corrected chi connectivity index (χ0v) is 10.6. The number of phenolic OH excluding ortho intramolecular Hbond substituents is 1. The summed E-state index contributed by atoms with van der Waals surface area (Å²) in [5.74, 6) is 1.55. The molecule has 0 atom stereocenters. The minimum absolute atomic E-state index is 0.225. The Morgan fingerprint density at radius 3 is 2.83 bits per heavy atom. The van der Waals surface area contributed by atoms with E-state index in [1.165, 1.54) is 0 Å². The van der Waals surface area contributed by atoms with Gasteiger partial charge in [0, 0.05) is 31.9 Å². The van der Waals surface area contributed by atoms with Gasteiger partial charge in [-0.25, -0.2) is 0 Å². The lowest BCUT2D eigenvalue weighted by atomic mass is 10.1. The van der Waals surface area contributed by atoms with Gasteiger partial charge in [-0.15, -0.1) is 0 Å². The van der Waals surface area contributed by atoms with Crippen LogP contribution in [0.25, 0.3) is 0 Å². The molecule has 0 saturated carbocycles. The molecule has 5 nitrogen and oxygen atoms in total. The van der Waals surface area contributed by atoms with E-state index in [9.17, 15) is 5.11 Å². The summed E-state index contributed by atoms with van der Waals surface area (Å²) in [7, 11) is 1.71. The van der Waals surface area contributed by atoms with Crippen LogP contribution in [-0.4, -0.2) is 32.2 Å². The van der Waals surface area contributed by atoms with Gasteiger partial charge >= 0.3 is 0 Å². The Morgan fingerprint density at radius 1 is 1.28 bits per heavy atom. The molecule has 0 fully saturated rings. The molecule has 0 amide bonds. The maximum atomic E-state index is 9.82. The van der Waals surface area contributed by atoms with E-state index in [1.807, 2.05) is 6.07 Å². The zero-order chi connectivity index (χ0) is 12.8. The van der Waals surface area contributed by atoms with Crippen molar-refractivity contribution in [1.29, 1.82) is 0 Å². The molecule has 1 aliphatic heterocycles. The number of phenols is 1. The molecule has 0 aliphatic carbocycles. The molecule has 1 aromatic rings. The number of benzene rings is 1.